The van der Waals surface area contributed by atoms with Gasteiger partial charge >= 0.3 is 0 Å². The van der Waals surface area contributed by atoms with Crippen molar-refractivity contribution in [3.63, 3.8) is 0 Å². The van der Waals surface area contributed by atoms with Crippen molar-refractivity contribution < 1.29 is 14.5 Å². The molecule has 170 valence electrons. The average Bonchev–Trinajstić information content (AvgIpc) is 3.39. The summed E-state index contributed by atoms with van der Waals surface area (Å²) in [5.41, 5.74) is 3.23. The molecule has 1 amide bonds. The van der Waals surface area contributed by atoms with Gasteiger partial charge in [-0.15, -0.1) is 0 Å². The Hall–Kier alpha value is -3.98. The van der Waals surface area contributed by atoms with Gasteiger partial charge in [0.15, 0.2) is 0 Å². The Morgan fingerprint density at radius 1 is 1.09 bits per heavy atom. The Morgan fingerprint density at radius 3 is 2.47 bits per heavy atom. The second-order valence-electron chi connectivity index (χ2n) is 7.69. The number of ether oxygens (including phenoxy) is 1. The highest BCUT2D eigenvalue weighted by Crippen LogP contribution is 2.47. The third kappa shape index (κ3) is 3.63. The summed E-state index contributed by atoms with van der Waals surface area (Å²) < 4.78 is 6.40. The lowest BCUT2D eigenvalue weighted by Gasteiger charge is -2.26. The van der Waals surface area contributed by atoms with Crippen molar-refractivity contribution in [3.8, 4) is 17.0 Å². The quantitative estimate of drug-likeness (QED) is 0.253. The van der Waals surface area contributed by atoms with E-state index in [9.17, 15) is 14.9 Å². The first-order chi connectivity index (χ1) is 16.5. The number of aromatic nitrogens is 2. The average molecular weight is 519 g/mol. The number of nitro benzene ring substituents is 1. The summed E-state index contributed by atoms with van der Waals surface area (Å²) in [6, 6.07) is 20.4. The Balaban J connectivity index is 1.71. The molecule has 1 aliphatic heterocycles. The molecule has 0 saturated heterocycles. The number of carbonyl (C=O) groups is 1. The van der Waals surface area contributed by atoms with E-state index in [0.717, 1.165) is 15.8 Å². The SMILES string of the molecule is CCOc1ccc(-c2n[nH]c3c2[C@@H](c2ccccc2[N+](=O)[O-])N(c2ccc(Br)cc2)C3=O)cc1. The van der Waals surface area contributed by atoms with Gasteiger partial charge in [0.2, 0.25) is 0 Å². The number of nitrogens with zero attached hydrogens (tertiary/aromatic N) is 3. The number of aromatic amines is 1. The number of halogens is 1. The van der Waals surface area contributed by atoms with Crippen LogP contribution >= 0.6 is 15.9 Å². The van der Waals surface area contributed by atoms with E-state index in [-0.39, 0.29) is 11.6 Å². The molecule has 8 nitrogen and oxygen atoms in total. The number of anilines is 1. The minimum atomic E-state index is -0.731. The topological polar surface area (TPSA) is 101 Å². The van der Waals surface area contributed by atoms with Crippen LogP contribution in [0.25, 0.3) is 11.3 Å². The zero-order chi connectivity index (χ0) is 23.8. The van der Waals surface area contributed by atoms with E-state index < -0.39 is 11.0 Å². The van der Waals surface area contributed by atoms with Crippen molar-refractivity contribution in [1.29, 1.82) is 0 Å². The molecule has 2 heterocycles. The van der Waals surface area contributed by atoms with Gasteiger partial charge in [-0.2, -0.15) is 5.10 Å². The van der Waals surface area contributed by atoms with Gasteiger partial charge < -0.3 is 4.74 Å². The van der Waals surface area contributed by atoms with Crippen LogP contribution in [0, 0.1) is 10.1 Å². The third-order valence-electron chi connectivity index (χ3n) is 5.74. The maximum atomic E-state index is 13.6. The minimum Gasteiger partial charge on any atom is -0.494 e. The molecule has 0 aliphatic carbocycles. The van der Waals surface area contributed by atoms with Gasteiger partial charge in [0.1, 0.15) is 11.4 Å². The molecule has 5 rings (SSSR count). The Morgan fingerprint density at radius 2 is 1.79 bits per heavy atom. The lowest BCUT2D eigenvalue weighted by Crippen LogP contribution is -2.29. The van der Waals surface area contributed by atoms with Crippen molar-refractivity contribution in [2.45, 2.75) is 13.0 Å². The van der Waals surface area contributed by atoms with E-state index in [4.69, 9.17) is 4.74 Å². The predicted octanol–water partition coefficient (Wildman–Crippen LogP) is 5.90. The number of nitrogens with one attached hydrogen (secondary N) is 1. The minimum absolute atomic E-state index is 0.0610. The van der Waals surface area contributed by atoms with Crippen molar-refractivity contribution in [1.82, 2.24) is 10.2 Å². The van der Waals surface area contributed by atoms with Gasteiger partial charge in [0.05, 0.1) is 28.8 Å². The van der Waals surface area contributed by atoms with Gasteiger partial charge in [0, 0.05) is 27.4 Å². The first-order valence-electron chi connectivity index (χ1n) is 10.6. The number of hydrogen-bond acceptors (Lipinski definition) is 5. The summed E-state index contributed by atoms with van der Waals surface area (Å²) in [5.74, 6) is 0.423. The number of carbonyl (C=O) groups excluding carboxylic acids is 1. The molecule has 0 spiro atoms. The molecule has 1 aliphatic rings. The summed E-state index contributed by atoms with van der Waals surface area (Å²) in [6.07, 6.45) is 0. The molecule has 4 aromatic rings. The fraction of sp³-hybridized carbons (Fsp3) is 0.120. The van der Waals surface area contributed by atoms with Crippen molar-refractivity contribution in [3.05, 3.63) is 104 Å². The molecule has 9 heteroatoms. The molecule has 0 radical (unpaired) electrons. The molecule has 3 aromatic carbocycles. The van der Waals surface area contributed by atoms with E-state index in [1.807, 2.05) is 43.3 Å². The Labute approximate surface area is 203 Å². The summed E-state index contributed by atoms with van der Waals surface area (Å²) in [4.78, 5) is 26.7. The van der Waals surface area contributed by atoms with Crippen molar-refractivity contribution in [2.75, 3.05) is 11.5 Å². The third-order valence-corrected chi connectivity index (χ3v) is 6.27. The molecule has 1 aromatic heterocycles. The van der Waals surface area contributed by atoms with Crippen LogP contribution in [0.5, 0.6) is 5.75 Å². The number of nitro groups is 1. The number of rotatable bonds is 6. The Bertz CT molecular complexity index is 1380. The highest BCUT2D eigenvalue weighted by atomic mass is 79.9. The monoisotopic (exact) mass is 518 g/mol. The maximum absolute atomic E-state index is 13.6. The number of hydrogen-bond donors (Lipinski definition) is 1. The van der Waals surface area contributed by atoms with Gasteiger partial charge in [0.25, 0.3) is 11.6 Å². The maximum Gasteiger partial charge on any atom is 0.277 e. The van der Waals surface area contributed by atoms with Gasteiger partial charge in [-0.05, 0) is 61.5 Å². The number of fused-ring (bicyclic) bond motifs is 1. The van der Waals surface area contributed by atoms with Crippen LogP contribution in [0.2, 0.25) is 0 Å². The summed E-state index contributed by atoms with van der Waals surface area (Å²) >= 11 is 3.42. The van der Waals surface area contributed by atoms with E-state index >= 15 is 0 Å². The first kappa shape index (κ1) is 21.8. The van der Waals surface area contributed by atoms with Crippen molar-refractivity contribution in [2.24, 2.45) is 0 Å². The number of H-pyrrole nitrogens is 1. The van der Waals surface area contributed by atoms with E-state index in [1.165, 1.54) is 6.07 Å². The van der Waals surface area contributed by atoms with Crippen LogP contribution in [-0.2, 0) is 0 Å². The molecule has 34 heavy (non-hydrogen) atoms. The zero-order valence-corrected chi connectivity index (χ0v) is 19.7. The van der Waals surface area contributed by atoms with Crippen LogP contribution in [0.1, 0.15) is 34.6 Å². The molecular weight excluding hydrogens is 500 g/mol. The molecular formula is C25H19BrN4O4. The number of benzene rings is 3. The molecule has 1 atom stereocenters. The number of para-hydroxylation sites is 1. The fourth-order valence-electron chi connectivity index (χ4n) is 4.29. The molecule has 0 fully saturated rings. The lowest BCUT2D eigenvalue weighted by atomic mass is 9.94. The summed E-state index contributed by atoms with van der Waals surface area (Å²) in [7, 11) is 0. The van der Waals surface area contributed by atoms with Gasteiger partial charge in [-0.1, -0.05) is 28.1 Å². The highest BCUT2D eigenvalue weighted by molar-refractivity contribution is 9.10. The van der Waals surface area contributed by atoms with Crippen LogP contribution in [0.15, 0.2) is 77.3 Å². The fourth-order valence-corrected chi connectivity index (χ4v) is 4.55. The van der Waals surface area contributed by atoms with Gasteiger partial charge in [-0.3, -0.25) is 24.9 Å². The standard InChI is InChI=1S/C25H19BrN4O4/c1-2-34-18-13-7-15(8-14-18)22-21-23(28-27-22)25(31)29(17-11-9-16(26)10-12-17)24(21)19-5-3-4-6-20(19)30(32)33/h3-14,24H,2H2,1H3,(H,27,28)/t24-/m1/s1. The summed E-state index contributed by atoms with van der Waals surface area (Å²) in [5, 5.41) is 19.2. The normalized spacial score (nSPS) is 14.8. The smallest absolute Gasteiger partial charge is 0.277 e. The van der Waals surface area contributed by atoms with E-state index in [1.54, 1.807) is 35.2 Å². The van der Waals surface area contributed by atoms with Crippen LogP contribution < -0.4 is 9.64 Å². The predicted molar refractivity (Wildman–Crippen MR) is 131 cm³/mol. The largest absolute Gasteiger partial charge is 0.494 e. The van der Waals surface area contributed by atoms with Gasteiger partial charge in [-0.25, -0.2) is 0 Å². The first-order valence-corrected chi connectivity index (χ1v) is 11.4. The van der Waals surface area contributed by atoms with Crippen molar-refractivity contribution >= 4 is 33.2 Å². The van der Waals surface area contributed by atoms with Crippen LogP contribution in [-0.4, -0.2) is 27.6 Å². The van der Waals surface area contributed by atoms with E-state index in [2.05, 4.69) is 26.1 Å². The number of amides is 1. The Kier molecular flexibility index (Phi) is 5.62. The molecule has 0 bridgehead atoms. The molecule has 0 saturated carbocycles. The molecule has 0 unspecified atom stereocenters. The highest BCUT2D eigenvalue weighted by Gasteiger charge is 2.45. The van der Waals surface area contributed by atoms with Crippen LogP contribution in [0.3, 0.4) is 0 Å². The van der Waals surface area contributed by atoms with E-state index in [0.29, 0.717) is 34.8 Å². The second-order valence-corrected chi connectivity index (χ2v) is 8.60. The molecule has 1 N–H and O–H groups in total. The summed E-state index contributed by atoms with van der Waals surface area (Å²) in [6.45, 7) is 2.46. The second kappa shape index (κ2) is 8.75. The lowest BCUT2D eigenvalue weighted by molar-refractivity contribution is -0.385. The van der Waals surface area contributed by atoms with Crippen LogP contribution in [0.4, 0.5) is 11.4 Å². The zero-order valence-electron chi connectivity index (χ0n) is 18.1.